The minimum Gasteiger partial charge on any atom is -0.489 e. The topological polar surface area (TPSA) is 26.3 Å². The van der Waals surface area contributed by atoms with Crippen LogP contribution >= 0.6 is 11.6 Å². The zero-order chi connectivity index (χ0) is 11.4. The van der Waals surface area contributed by atoms with Gasteiger partial charge in [0.05, 0.1) is 11.1 Å². The van der Waals surface area contributed by atoms with E-state index in [1.807, 2.05) is 13.8 Å². The third-order valence-corrected chi connectivity index (χ3v) is 2.05. The monoisotopic (exact) mass is 230 g/mol. The molecule has 1 aromatic carbocycles. The summed E-state index contributed by atoms with van der Waals surface area (Å²) in [5.74, 6) is 0.494. The summed E-state index contributed by atoms with van der Waals surface area (Å²) in [7, 11) is 0. The van der Waals surface area contributed by atoms with E-state index in [9.17, 15) is 9.18 Å². The van der Waals surface area contributed by atoms with Crippen LogP contribution in [0, 0.1) is 0 Å². The maximum atomic E-state index is 13.0. The number of hydrogen-bond donors (Lipinski definition) is 0. The highest BCUT2D eigenvalue weighted by atomic mass is 35.5. The molecule has 1 rings (SSSR count). The first kappa shape index (κ1) is 12.0. The van der Waals surface area contributed by atoms with Crippen molar-refractivity contribution in [1.29, 1.82) is 0 Å². The SMILES string of the molecule is CC(C)Oc1ccc(C(F)C=O)cc1Cl. The van der Waals surface area contributed by atoms with Crippen LogP contribution in [-0.4, -0.2) is 12.4 Å². The molecule has 0 fully saturated rings. The van der Waals surface area contributed by atoms with Crippen molar-refractivity contribution in [1.82, 2.24) is 0 Å². The average molecular weight is 231 g/mol. The third-order valence-electron chi connectivity index (χ3n) is 1.76. The highest BCUT2D eigenvalue weighted by Crippen LogP contribution is 2.29. The van der Waals surface area contributed by atoms with Crippen molar-refractivity contribution in [2.75, 3.05) is 0 Å². The molecular formula is C11H12ClFO2. The molecule has 2 nitrogen and oxygen atoms in total. The lowest BCUT2D eigenvalue weighted by Gasteiger charge is -2.12. The molecule has 4 heteroatoms. The molecule has 1 unspecified atom stereocenters. The van der Waals surface area contributed by atoms with Crippen LogP contribution in [-0.2, 0) is 4.79 Å². The van der Waals surface area contributed by atoms with Gasteiger partial charge in [-0.1, -0.05) is 17.7 Å². The molecule has 0 spiro atoms. The van der Waals surface area contributed by atoms with Crippen molar-refractivity contribution in [3.8, 4) is 5.75 Å². The number of aldehydes is 1. The van der Waals surface area contributed by atoms with E-state index in [1.165, 1.54) is 12.1 Å². The second kappa shape index (κ2) is 5.12. The molecule has 0 heterocycles. The lowest BCUT2D eigenvalue weighted by Crippen LogP contribution is -2.06. The van der Waals surface area contributed by atoms with E-state index in [0.29, 0.717) is 10.8 Å². The Morgan fingerprint density at radius 2 is 2.13 bits per heavy atom. The molecule has 0 saturated heterocycles. The van der Waals surface area contributed by atoms with E-state index in [0.717, 1.165) is 0 Å². The highest BCUT2D eigenvalue weighted by molar-refractivity contribution is 6.32. The van der Waals surface area contributed by atoms with E-state index in [1.54, 1.807) is 6.07 Å². The summed E-state index contributed by atoms with van der Waals surface area (Å²) in [5.41, 5.74) is 0.242. The van der Waals surface area contributed by atoms with Crippen molar-refractivity contribution in [3.63, 3.8) is 0 Å². The van der Waals surface area contributed by atoms with Crippen LogP contribution in [0.1, 0.15) is 25.6 Å². The van der Waals surface area contributed by atoms with Gasteiger partial charge in [0, 0.05) is 0 Å². The Hall–Kier alpha value is -1.09. The smallest absolute Gasteiger partial charge is 0.180 e. The highest BCUT2D eigenvalue weighted by Gasteiger charge is 2.11. The van der Waals surface area contributed by atoms with Crippen LogP contribution in [0.2, 0.25) is 5.02 Å². The molecule has 15 heavy (non-hydrogen) atoms. The molecule has 0 aliphatic carbocycles. The molecule has 82 valence electrons. The fraction of sp³-hybridized carbons (Fsp3) is 0.364. The standard InChI is InChI=1S/C11H12ClFO2/c1-7(2)15-11-4-3-8(5-9(11)12)10(13)6-14/h3-7,10H,1-2H3. The Balaban J connectivity index is 2.92. The summed E-state index contributed by atoms with van der Waals surface area (Å²) in [6, 6.07) is 4.45. The fourth-order valence-electron chi connectivity index (χ4n) is 1.12. The van der Waals surface area contributed by atoms with Gasteiger partial charge in [-0.2, -0.15) is 0 Å². The van der Waals surface area contributed by atoms with Crippen molar-refractivity contribution < 1.29 is 13.9 Å². The first-order valence-corrected chi connectivity index (χ1v) is 4.98. The minimum atomic E-state index is -1.63. The number of rotatable bonds is 4. The van der Waals surface area contributed by atoms with E-state index >= 15 is 0 Å². The molecule has 0 N–H and O–H groups in total. The predicted molar refractivity (Wildman–Crippen MR) is 57.1 cm³/mol. The molecule has 0 radical (unpaired) electrons. The number of alkyl halides is 1. The van der Waals surface area contributed by atoms with Crippen LogP contribution in [0.4, 0.5) is 4.39 Å². The largest absolute Gasteiger partial charge is 0.489 e. The fourth-order valence-corrected chi connectivity index (χ4v) is 1.35. The third kappa shape index (κ3) is 3.20. The molecule has 1 aromatic rings. The normalized spacial score (nSPS) is 12.6. The Morgan fingerprint density at radius 1 is 1.47 bits per heavy atom. The number of benzene rings is 1. The summed E-state index contributed by atoms with van der Waals surface area (Å²) in [6.07, 6.45) is -1.40. The Morgan fingerprint density at radius 3 is 2.60 bits per heavy atom. The molecule has 0 saturated carbocycles. The lowest BCUT2D eigenvalue weighted by atomic mass is 10.1. The minimum absolute atomic E-state index is 0.000550. The van der Waals surface area contributed by atoms with Crippen molar-refractivity contribution >= 4 is 17.9 Å². The van der Waals surface area contributed by atoms with Crippen LogP contribution in [0.25, 0.3) is 0 Å². The van der Waals surface area contributed by atoms with E-state index in [4.69, 9.17) is 16.3 Å². The van der Waals surface area contributed by atoms with Crippen molar-refractivity contribution in [3.05, 3.63) is 28.8 Å². The molecule has 0 amide bonds. The molecule has 1 atom stereocenters. The number of carbonyl (C=O) groups excluding carboxylic acids is 1. The van der Waals surface area contributed by atoms with Gasteiger partial charge < -0.3 is 4.74 Å². The Labute approximate surface area is 93.0 Å². The predicted octanol–water partition coefficient (Wildman–Crippen LogP) is 3.34. The molecule has 0 bridgehead atoms. The number of halogens is 2. The quantitative estimate of drug-likeness (QED) is 0.742. The molecule has 0 aliphatic rings. The van der Waals surface area contributed by atoms with Crippen molar-refractivity contribution in [2.24, 2.45) is 0 Å². The number of carbonyl (C=O) groups is 1. The Kier molecular flexibility index (Phi) is 4.09. The van der Waals surface area contributed by atoms with Gasteiger partial charge in [-0.25, -0.2) is 4.39 Å². The van der Waals surface area contributed by atoms with E-state index in [2.05, 4.69) is 0 Å². The van der Waals surface area contributed by atoms with Gasteiger partial charge in [-0.05, 0) is 31.5 Å². The van der Waals surface area contributed by atoms with Crippen LogP contribution in [0.3, 0.4) is 0 Å². The molecule has 0 aliphatic heterocycles. The summed E-state index contributed by atoms with van der Waals surface area (Å²) in [5, 5.41) is 0.311. The van der Waals surface area contributed by atoms with Gasteiger partial charge in [-0.3, -0.25) is 4.79 Å². The first-order chi connectivity index (χ1) is 7.04. The lowest BCUT2D eigenvalue weighted by molar-refractivity contribution is -0.112. The Bertz CT molecular complexity index is 352. The maximum absolute atomic E-state index is 13.0. The van der Waals surface area contributed by atoms with E-state index < -0.39 is 6.17 Å². The number of hydrogen-bond acceptors (Lipinski definition) is 2. The first-order valence-electron chi connectivity index (χ1n) is 4.60. The van der Waals surface area contributed by atoms with Gasteiger partial charge in [0.25, 0.3) is 0 Å². The molecule has 0 aromatic heterocycles. The van der Waals surface area contributed by atoms with Crippen LogP contribution < -0.4 is 4.74 Å². The second-order valence-electron chi connectivity index (χ2n) is 3.39. The summed E-state index contributed by atoms with van der Waals surface area (Å²) in [4.78, 5) is 10.2. The van der Waals surface area contributed by atoms with Crippen LogP contribution in [0.5, 0.6) is 5.75 Å². The van der Waals surface area contributed by atoms with Crippen LogP contribution in [0.15, 0.2) is 18.2 Å². The number of ether oxygens (including phenoxy) is 1. The van der Waals surface area contributed by atoms with Gasteiger partial charge in [0.1, 0.15) is 5.75 Å². The molecular weight excluding hydrogens is 219 g/mol. The van der Waals surface area contributed by atoms with Gasteiger partial charge >= 0.3 is 0 Å². The summed E-state index contributed by atoms with van der Waals surface area (Å²) in [6.45, 7) is 3.74. The van der Waals surface area contributed by atoms with Gasteiger partial charge in [-0.15, -0.1) is 0 Å². The van der Waals surface area contributed by atoms with Gasteiger partial charge in [0.2, 0.25) is 0 Å². The zero-order valence-corrected chi connectivity index (χ0v) is 9.29. The van der Waals surface area contributed by atoms with Gasteiger partial charge in [0.15, 0.2) is 12.5 Å². The summed E-state index contributed by atoms with van der Waals surface area (Å²) < 4.78 is 18.3. The second-order valence-corrected chi connectivity index (χ2v) is 3.80. The zero-order valence-electron chi connectivity index (χ0n) is 8.54. The maximum Gasteiger partial charge on any atom is 0.180 e. The van der Waals surface area contributed by atoms with Crippen molar-refractivity contribution in [2.45, 2.75) is 26.1 Å². The summed E-state index contributed by atoms with van der Waals surface area (Å²) >= 11 is 5.87. The average Bonchev–Trinajstić information content (AvgIpc) is 2.19. The van der Waals surface area contributed by atoms with E-state index in [-0.39, 0.29) is 18.0 Å².